The van der Waals surface area contributed by atoms with E-state index < -0.39 is 5.69 Å². The molecular weight excluding hydrogens is 458 g/mol. The van der Waals surface area contributed by atoms with Gasteiger partial charge in [0.05, 0.1) is 26.5 Å². The van der Waals surface area contributed by atoms with Crippen LogP contribution in [0.2, 0.25) is 5.02 Å². The van der Waals surface area contributed by atoms with Gasteiger partial charge in [-0.05, 0) is 30.2 Å². The maximum atomic E-state index is 13.6. The smallest absolute Gasteiger partial charge is 0.332 e. The van der Waals surface area contributed by atoms with Crippen LogP contribution in [0.5, 0.6) is 11.5 Å². The average molecular weight is 482 g/mol. The van der Waals surface area contributed by atoms with Crippen LogP contribution in [0.25, 0.3) is 11.2 Å². The van der Waals surface area contributed by atoms with Crippen LogP contribution < -0.4 is 25.6 Å². The van der Waals surface area contributed by atoms with Crippen molar-refractivity contribution in [3.63, 3.8) is 0 Å². The first kappa shape index (κ1) is 22.1. The first-order chi connectivity index (χ1) is 16.4. The molecule has 34 heavy (non-hydrogen) atoms. The summed E-state index contributed by atoms with van der Waals surface area (Å²) in [4.78, 5) is 33.5. The van der Waals surface area contributed by atoms with Gasteiger partial charge in [-0.2, -0.15) is 4.98 Å². The highest BCUT2D eigenvalue weighted by Gasteiger charge is 2.28. The van der Waals surface area contributed by atoms with Gasteiger partial charge in [0.2, 0.25) is 5.95 Å². The van der Waals surface area contributed by atoms with Crippen LogP contribution in [0.1, 0.15) is 12.0 Å². The van der Waals surface area contributed by atoms with Crippen LogP contribution in [0.4, 0.5) is 11.6 Å². The third-order valence-electron chi connectivity index (χ3n) is 6.18. The lowest BCUT2D eigenvalue weighted by atomic mass is 10.2. The molecule has 10 heteroatoms. The molecule has 0 saturated carbocycles. The van der Waals surface area contributed by atoms with Crippen molar-refractivity contribution in [2.24, 2.45) is 7.05 Å². The van der Waals surface area contributed by atoms with Crippen LogP contribution >= 0.6 is 11.6 Å². The minimum atomic E-state index is -0.443. The molecule has 2 aromatic carbocycles. The number of rotatable bonds is 5. The van der Waals surface area contributed by atoms with Gasteiger partial charge in [-0.25, -0.2) is 4.79 Å². The number of anilines is 2. The zero-order chi connectivity index (χ0) is 24.0. The van der Waals surface area contributed by atoms with Gasteiger partial charge in [0.15, 0.2) is 11.2 Å². The van der Waals surface area contributed by atoms with E-state index >= 15 is 0 Å². The summed E-state index contributed by atoms with van der Waals surface area (Å²) in [5, 5.41) is 0.504. The largest absolute Gasteiger partial charge is 0.497 e. The molecule has 4 aromatic rings. The highest BCUT2D eigenvalue weighted by atomic mass is 35.5. The van der Waals surface area contributed by atoms with Crippen molar-refractivity contribution >= 4 is 34.4 Å². The molecule has 176 valence electrons. The first-order valence-electron chi connectivity index (χ1n) is 10.9. The summed E-state index contributed by atoms with van der Waals surface area (Å²) in [7, 11) is 4.83. The van der Waals surface area contributed by atoms with Crippen molar-refractivity contribution in [2.45, 2.75) is 19.5 Å². The Morgan fingerprint density at radius 2 is 1.85 bits per heavy atom. The average Bonchev–Trinajstić information content (AvgIpc) is 3.26. The Morgan fingerprint density at radius 3 is 2.59 bits per heavy atom. The van der Waals surface area contributed by atoms with E-state index in [0.717, 1.165) is 12.1 Å². The van der Waals surface area contributed by atoms with Crippen molar-refractivity contribution in [3.8, 4) is 11.5 Å². The normalized spacial score (nSPS) is 13.2. The van der Waals surface area contributed by atoms with Crippen LogP contribution in [-0.4, -0.2) is 39.4 Å². The molecule has 0 atom stereocenters. The van der Waals surface area contributed by atoms with Crippen molar-refractivity contribution < 1.29 is 9.47 Å². The molecular formula is C24H24ClN5O4. The summed E-state index contributed by atoms with van der Waals surface area (Å²) in [6.45, 7) is 1.38. The van der Waals surface area contributed by atoms with Gasteiger partial charge in [-0.15, -0.1) is 0 Å². The highest BCUT2D eigenvalue weighted by Crippen LogP contribution is 2.38. The van der Waals surface area contributed by atoms with E-state index in [4.69, 9.17) is 26.1 Å². The SMILES string of the molecule is COc1ccc(N2CCCn3c2nc2c3c(=O)n(Cc3ccccc3Cl)c(=O)n2C)c(OC)c1. The van der Waals surface area contributed by atoms with Crippen LogP contribution in [0.3, 0.4) is 0 Å². The summed E-state index contributed by atoms with van der Waals surface area (Å²) in [6, 6.07) is 12.8. The maximum Gasteiger partial charge on any atom is 0.332 e. The number of imidazole rings is 1. The molecule has 0 fully saturated rings. The van der Waals surface area contributed by atoms with Gasteiger partial charge < -0.3 is 18.9 Å². The van der Waals surface area contributed by atoms with Gasteiger partial charge in [-0.3, -0.25) is 13.9 Å². The van der Waals surface area contributed by atoms with Gasteiger partial charge in [-0.1, -0.05) is 29.8 Å². The summed E-state index contributed by atoms with van der Waals surface area (Å²) in [5.41, 5.74) is 1.41. The number of aromatic nitrogens is 4. The molecule has 0 aliphatic carbocycles. The second-order valence-electron chi connectivity index (χ2n) is 8.10. The molecule has 2 aromatic heterocycles. The third kappa shape index (κ3) is 3.43. The zero-order valence-electron chi connectivity index (χ0n) is 19.1. The number of ether oxygens (including phenoxy) is 2. The predicted molar refractivity (Wildman–Crippen MR) is 131 cm³/mol. The zero-order valence-corrected chi connectivity index (χ0v) is 19.9. The van der Waals surface area contributed by atoms with Gasteiger partial charge in [0, 0.05) is 31.2 Å². The lowest BCUT2D eigenvalue weighted by Gasteiger charge is -2.30. The minimum Gasteiger partial charge on any atom is -0.497 e. The topological polar surface area (TPSA) is 83.5 Å². The van der Waals surface area contributed by atoms with Crippen molar-refractivity contribution in [2.75, 3.05) is 25.7 Å². The Bertz CT molecular complexity index is 1520. The quantitative estimate of drug-likeness (QED) is 0.435. The molecule has 0 bridgehead atoms. The molecule has 3 heterocycles. The van der Waals surface area contributed by atoms with E-state index in [0.29, 0.717) is 52.3 Å². The Morgan fingerprint density at radius 1 is 1.06 bits per heavy atom. The lowest BCUT2D eigenvalue weighted by Crippen LogP contribution is -2.40. The fraction of sp³-hybridized carbons (Fsp3) is 0.292. The van der Waals surface area contributed by atoms with Crippen molar-refractivity contribution in [1.82, 2.24) is 18.7 Å². The summed E-state index contributed by atoms with van der Waals surface area (Å²) >= 11 is 6.30. The number of hydrogen-bond donors (Lipinski definition) is 0. The minimum absolute atomic E-state index is 0.0810. The predicted octanol–water partition coefficient (Wildman–Crippen LogP) is 3.16. The van der Waals surface area contributed by atoms with E-state index in [9.17, 15) is 9.59 Å². The Kier molecular flexibility index (Phi) is 5.57. The molecule has 0 amide bonds. The van der Waals surface area contributed by atoms with Crippen LogP contribution in [0.15, 0.2) is 52.1 Å². The number of benzene rings is 2. The molecule has 5 rings (SSSR count). The van der Waals surface area contributed by atoms with E-state index in [-0.39, 0.29) is 12.1 Å². The van der Waals surface area contributed by atoms with Gasteiger partial charge >= 0.3 is 5.69 Å². The molecule has 0 radical (unpaired) electrons. The summed E-state index contributed by atoms with van der Waals surface area (Å²) in [6.07, 6.45) is 0.792. The van der Waals surface area contributed by atoms with E-state index in [2.05, 4.69) is 0 Å². The molecule has 1 aliphatic rings. The lowest BCUT2D eigenvalue weighted by molar-refractivity contribution is 0.394. The number of aryl methyl sites for hydroxylation is 2. The number of nitrogens with zero attached hydrogens (tertiary/aromatic N) is 5. The monoisotopic (exact) mass is 481 g/mol. The molecule has 1 aliphatic heterocycles. The second-order valence-corrected chi connectivity index (χ2v) is 8.51. The fourth-order valence-corrected chi connectivity index (χ4v) is 4.63. The van der Waals surface area contributed by atoms with Crippen LogP contribution in [0, 0.1) is 0 Å². The Labute approximate surface area is 200 Å². The first-order valence-corrected chi connectivity index (χ1v) is 11.3. The standard InChI is InChI=1S/C24H24ClN5O4/c1-27-21-20(22(31)30(24(27)32)14-15-7-4-5-8-17(15)25)29-12-6-11-28(23(29)26-21)18-10-9-16(33-2)13-19(18)34-3/h4-5,7-10,13H,6,11-12,14H2,1-3H3. The van der Waals surface area contributed by atoms with Gasteiger partial charge in [0.25, 0.3) is 5.56 Å². The third-order valence-corrected chi connectivity index (χ3v) is 6.55. The van der Waals surface area contributed by atoms with Crippen LogP contribution in [-0.2, 0) is 20.1 Å². The molecule has 9 nitrogen and oxygen atoms in total. The molecule has 0 N–H and O–H groups in total. The van der Waals surface area contributed by atoms with Gasteiger partial charge in [0.1, 0.15) is 11.5 Å². The van der Waals surface area contributed by atoms with Crippen molar-refractivity contribution in [3.05, 3.63) is 73.9 Å². The molecule has 0 saturated heterocycles. The maximum absolute atomic E-state index is 13.6. The highest BCUT2D eigenvalue weighted by molar-refractivity contribution is 6.31. The van der Waals surface area contributed by atoms with E-state index in [1.54, 1.807) is 27.3 Å². The summed E-state index contributed by atoms with van der Waals surface area (Å²) in [5.74, 6) is 1.90. The number of fused-ring (bicyclic) bond motifs is 3. The number of hydrogen-bond acceptors (Lipinski definition) is 6. The summed E-state index contributed by atoms with van der Waals surface area (Å²) < 4.78 is 15.4. The van der Waals surface area contributed by atoms with E-state index in [1.165, 1.54) is 9.13 Å². The Balaban J connectivity index is 1.70. The molecule has 0 unspecified atom stereocenters. The number of methoxy groups -OCH3 is 2. The van der Waals surface area contributed by atoms with E-state index in [1.807, 2.05) is 45.9 Å². The number of halogens is 1. The molecule has 0 spiro atoms. The second kappa shape index (κ2) is 8.57. The Hall–Kier alpha value is -3.72. The van der Waals surface area contributed by atoms with Crippen molar-refractivity contribution in [1.29, 1.82) is 0 Å². The fourth-order valence-electron chi connectivity index (χ4n) is 4.44.